The number of amides is 1. The number of aryl methyl sites for hydroxylation is 1. The van der Waals surface area contributed by atoms with Gasteiger partial charge in [0.05, 0.1) is 30.2 Å². The van der Waals surface area contributed by atoms with Gasteiger partial charge < -0.3 is 14.8 Å². The molecule has 0 aliphatic carbocycles. The van der Waals surface area contributed by atoms with Crippen molar-refractivity contribution in [3.05, 3.63) is 46.5 Å². The first kappa shape index (κ1) is 17.0. The first-order valence-corrected chi connectivity index (χ1v) is 8.76. The Labute approximate surface area is 150 Å². The van der Waals surface area contributed by atoms with Gasteiger partial charge in [0.15, 0.2) is 0 Å². The summed E-state index contributed by atoms with van der Waals surface area (Å²) in [6, 6.07) is 9.60. The van der Waals surface area contributed by atoms with Crippen LogP contribution in [0.1, 0.15) is 11.1 Å². The van der Waals surface area contributed by atoms with Crippen LogP contribution in [0.4, 0.5) is 5.69 Å². The molecule has 1 aliphatic heterocycles. The summed E-state index contributed by atoms with van der Waals surface area (Å²) >= 11 is 7.75. The van der Waals surface area contributed by atoms with Crippen LogP contribution in [0.5, 0.6) is 11.5 Å². The minimum Gasteiger partial charge on any atom is -0.495 e. The number of rotatable bonds is 4. The topological polar surface area (TPSA) is 47.6 Å². The summed E-state index contributed by atoms with van der Waals surface area (Å²) in [5.74, 6) is 0.957. The van der Waals surface area contributed by atoms with Gasteiger partial charge in [-0.1, -0.05) is 29.3 Å². The van der Waals surface area contributed by atoms with Crippen molar-refractivity contribution in [3.63, 3.8) is 0 Å². The zero-order valence-electron chi connectivity index (χ0n) is 13.7. The van der Waals surface area contributed by atoms with Crippen molar-refractivity contribution in [2.45, 2.75) is 23.5 Å². The highest BCUT2D eigenvalue weighted by atomic mass is 35.5. The van der Waals surface area contributed by atoms with Crippen LogP contribution in [-0.2, 0) is 11.2 Å². The Morgan fingerprint density at radius 2 is 1.96 bits per heavy atom. The van der Waals surface area contributed by atoms with E-state index in [9.17, 15) is 4.79 Å². The predicted molar refractivity (Wildman–Crippen MR) is 97.7 cm³/mol. The average molecular weight is 364 g/mol. The summed E-state index contributed by atoms with van der Waals surface area (Å²) in [7, 11) is 3.08. The first-order valence-electron chi connectivity index (χ1n) is 7.50. The number of hydrogen-bond donors (Lipinski definition) is 1. The van der Waals surface area contributed by atoms with Gasteiger partial charge in [0, 0.05) is 11.0 Å². The SMILES string of the molecule is COc1cc(OC)c(NC(=O)C2Cc3ccc(C)cc3S2)cc1Cl. The number of carbonyl (C=O) groups is 1. The number of methoxy groups -OCH3 is 2. The van der Waals surface area contributed by atoms with Crippen molar-refractivity contribution in [2.75, 3.05) is 19.5 Å². The van der Waals surface area contributed by atoms with Gasteiger partial charge in [0.1, 0.15) is 11.5 Å². The molecule has 24 heavy (non-hydrogen) atoms. The maximum Gasteiger partial charge on any atom is 0.238 e. The van der Waals surface area contributed by atoms with Crippen molar-refractivity contribution in [1.82, 2.24) is 0 Å². The molecule has 3 rings (SSSR count). The number of ether oxygens (including phenoxy) is 2. The number of nitrogens with one attached hydrogen (secondary N) is 1. The number of halogens is 1. The molecule has 0 aromatic heterocycles. The monoisotopic (exact) mass is 363 g/mol. The zero-order valence-corrected chi connectivity index (χ0v) is 15.3. The highest BCUT2D eigenvalue weighted by Crippen LogP contribution is 2.40. The Hall–Kier alpha value is -1.85. The van der Waals surface area contributed by atoms with Gasteiger partial charge in [0.2, 0.25) is 5.91 Å². The fourth-order valence-corrected chi connectivity index (χ4v) is 4.18. The van der Waals surface area contributed by atoms with Crippen LogP contribution in [0.2, 0.25) is 5.02 Å². The summed E-state index contributed by atoms with van der Waals surface area (Å²) in [5.41, 5.74) is 2.96. The molecule has 1 aliphatic rings. The average Bonchev–Trinajstić information content (AvgIpc) is 2.98. The number of anilines is 1. The standard InChI is InChI=1S/C18H18ClNO3S/c1-10-4-5-11-7-17(24-16(11)6-10)18(21)20-13-8-12(19)14(22-2)9-15(13)23-3/h4-6,8-9,17H,7H2,1-3H3,(H,20,21). The summed E-state index contributed by atoms with van der Waals surface area (Å²) < 4.78 is 10.5. The number of benzene rings is 2. The second-order valence-electron chi connectivity index (χ2n) is 5.60. The van der Waals surface area contributed by atoms with Crippen molar-refractivity contribution < 1.29 is 14.3 Å². The molecule has 0 fully saturated rings. The Morgan fingerprint density at radius 1 is 1.21 bits per heavy atom. The molecule has 0 saturated carbocycles. The van der Waals surface area contributed by atoms with E-state index in [0.29, 0.717) is 22.2 Å². The summed E-state index contributed by atoms with van der Waals surface area (Å²) in [6.07, 6.45) is 0.721. The Bertz CT molecular complexity index is 794. The van der Waals surface area contributed by atoms with Gasteiger partial charge in [-0.15, -0.1) is 11.8 Å². The van der Waals surface area contributed by atoms with Crippen molar-refractivity contribution >= 4 is 35.0 Å². The molecule has 1 unspecified atom stereocenters. The third kappa shape index (κ3) is 3.32. The minimum atomic E-state index is -0.160. The smallest absolute Gasteiger partial charge is 0.238 e. The zero-order chi connectivity index (χ0) is 17.3. The van der Waals surface area contributed by atoms with E-state index in [0.717, 1.165) is 6.42 Å². The van der Waals surface area contributed by atoms with Crippen LogP contribution in [0.15, 0.2) is 35.2 Å². The van der Waals surface area contributed by atoms with Crippen molar-refractivity contribution in [1.29, 1.82) is 0 Å². The summed E-state index contributed by atoms with van der Waals surface area (Å²) in [5, 5.41) is 3.18. The van der Waals surface area contributed by atoms with Crippen molar-refractivity contribution in [3.8, 4) is 11.5 Å². The van der Waals surface area contributed by atoms with Crippen LogP contribution in [-0.4, -0.2) is 25.4 Å². The van der Waals surface area contributed by atoms with Gasteiger partial charge in [-0.05, 0) is 31.0 Å². The third-order valence-electron chi connectivity index (χ3n) is 3.92. The van der Waals surface area contributed by atoms with E-state index in [1.165, 1.54) is 23.1 Å². The molecule has 126 valence electrons. The third-order valence-corrected chi connectivity index (χ3v) is 5.52. The fraction of sp³-hybridized carbons (Fsp3) is 0.278. The van der Waals surface area contributed by atoms with Gasteiger partial charge in [0.25, 0.3) is 0 Å². The lowest BCUT2D eigenvalue weighted by Gasteiger charge is -2.15. The van der Waals surface area contributed by atoms with Crippen molar-refractivity contribution in [2.24, 2.45) is 0 Å². The molecular formula is C18H18ClNO3S. The van der Waals surface area contributed by atoms with Gasteiger partial charge >= 0.3 is 0 Å². The van der Waals surface area contributed by atoms with Gasteiger partial charge in [-0.25, -0.2) is 0 Å². The first-order chi connectivity index (χ1) is 11.5. The van der Waals surface area contributed by atoms with E-state index in [2.05, 4.69) is 30.4 Å². The second-order valence-corrected chi connectivity index (χ2v) is 7.25. The quantitative estimate of drug-likeness (QED) is 0.878. The number of hydrogen-bond acceptors (Lipinski definition) is 4. The van der Waals surface area contributed by atoms with Crippen LogP contribution >= 0.6 is 23.4 Å². The maximum atomic E-state index is 12.6. The van der Waals surface area contributed by atoms with E-state index in [-0.39, 0.29) is 11.2 Å². The Morgan fingerprint density at radius 3 is 2.67 bits per heavy atom. The molecule has 1 amide bonds. The minimum absolute atomic E-state index is 0.0617. The molecule has 1 atom stereocenters. The molecule has 0 spiro atoms. The highest BCUT2D eigenvalue weighted by molar-refractivity contribution is 8.01. The molecule has 0 saturated heterocycles. The lowest BCUT2D eigenvalue weighted by molar-refractivity contribution is -0.115. The molecule has 4 nitrogen and oxygen atoms in total. The van der Waals surface area contributed by atoms with Crippen LogP contribution in [0, 0.1) is 6.92 Å². The molecular weight excluding hydrogens is 346 g/mol. The lowest BCUT2D eigenvalue weighted by atomic mass is 10.1. The van der Waals surface area contributed by atoms with E-state index in [1.54, 1.807) is 31.0 Å². The molecule has 0 bridgehead atoms. The Balaban J connectivity index is 1.78. The van der Waals surface area contributed by atoms with E-state index >= 15 is 0 Å². The molecule has 1 heterocycles. The van der Waals surface area contributed by atoms with Gasteiger partial charge in [-0.3, -0.25) is 4.79 Å². The number of fused-ring (bicyclic) bond motifs is 1. The molecule has 2 aromatic rings. The summed E-state index contributed by atoms with van der Waals surface area (Å²) in [4.78, 5) is 13.8. The summed E-state index contributed by atoms with van der Waals surface area (Å²) in [6.45, 7) is 2.05. The van der Waals surface area contributed by atoms with Crippen LogP contribution in [0.25, 0.3) is 0 Å². The van der Waals surface area contributed by atoms with Gasteiger partial charge in [-0.2, -0.15) is 0 Å². The largest absolute Gasteiger partial charge is 0.495 e. The van der Waals surface area contributed by atoms with E-state index in [1.807, 2.05) is 0 Å². The number of carbonyl (C=O) groups excluding carboxylic acids is 1. The fourth-order valence-electron chi connectivity index (χ4n) is 2.65. The lowest BCUT2D eigenvalue weighted by Crippen LogP contribution is -2.24. The number of thioether (sulfide) groups is 1. The normalized spacial score (nSPS) is 15.8. The van der Waals surface area contributed by atoms with Crippen LogP contribution < -0.4 is 14.8 Å². The Kier molecular flexibility index (Phi) is 4.92. The second kappa shape index (κ2) is 6.95. The molecule has 1 N–H and O–H groups in total. The van der Waals surface area contributed by atoms with E-state index in [4.69, 9.17) is 21.1 Å². The maximum absolute atomic E-state index is 12.6. The molecule has 6 heteroatoms. The van der Waals surface area contributed by atoms with E-state index < -0.39 is 0 Å². The van der Waals surface area contributed by atoms with Crippen LogP contribution in [0.3, 0.4) is 0 Å². The molecule has 2 aromatic carbocycles. The molecule has 0 radical (unpaired) electrons. The highest BCUT2D eigenvalue weighted by Gasteiger charge is 2.29. The predicted octanol–water partition coefficient (Wildman–Crippen LogP) is 4.32.